The number of carbonyl (C=O) groups is 3. The van der Waals surface area contributed by atoms with Crippen LogP contribution in [-0.4, -0.2) is 74.8 Å². The van der Waals surface area contributed by atoms with Gasteiger partial charge in [0.05, 0.1) is 25.6 Å². The largest absolute Gasteiger partial charge is 0.493 e. The van der Waals surface area contributed by atoms with E-state index in [1.807, 2.05) is 26.2 Å². The number of hydrogen-bond donors (Lipinski definition) is 3. The highest BCUT2D eigenvalue weighted by Crippen LogP contribution is 2.30. The van der Waals surface area contributed by atoms with E-state index in [0.717, 1.165) is 12.1 Å². The summed E-state index contributed by atoms with van der Waals surface area (Å²) in [6.45, 7) is 11.1. The predicted molar refractivity (Wildman–Crippen MR) is 182 cm³/mol. The number of carbonyl (C=O) groups excluding carboxylic acids is 3. The van der Waals surface area contributed by atoms with Crippen molar-refractivity contribution in [2.45, 2.75) is 46.8 Å². The first-order valence-electron chi connectivity index (χ1n) is 15.0. The van der Waals surface area contributed by atoms with Crippen molar-refractivity contribution in [1.29, 1.82) is 0 Å². The molecule has 3 aromatic carbocycles. The summed E-state index contributed by atoms with van der Waals surface area (Å²) in [4.78, 5) is 43.0. The number of anilines is 3. The number of ether oxygens (including phenoxy) is 3. The van der Waals surface area contributed by atoms with Gasteiger partial charge in [0, 0.05) is 37.0 Å². The third-order valence-corrected chi connectivity index (χ3v) is 6.69. The average molecular weight is 634 g/mol. The minimum atomic E-state index is -0.661. The molecule has 0 aliphatic carbocycles. The van der Waals surface area contributed by atoms with Crippen LogP contribution in [0.5, 0.6) is 11.5 Å². The second kappa shape index (κ2) is 15.5. The lowest BCUT2D eigenvalue weighted by atomic mass is 9.92. The highest BCUT2D eigenvalue weighted by Gasteiger charge is 2.26. The molecule has 0 fully saturated rings. The second-order valence-electron chi connectivity index (χ2n) is 13.1. The van der Waals surface area contributed by atoms with Gasteiger partial charge >= 0.3 is 12.1 Å². The molecule has 0 bridgehead atoms. The molecule has 0 unspecified atom stereocenters. The van der Waals surface area contributed by atoms with Crippen LogP contribution in [-0.2, 0) is 11.3 Å². The second-order valence-corrected chi connectivity index (χ2v) is 13.1. The Balaban J connectivity index is 1.76. The van der Waals surface area contributed by atoms with Gasteiger partial charge in [-0.3, -0.25) is 10.1 Å². The lowest BCUT2D eigenvalue weighted by Crippen LogP contribution is -2.44. The van der Waals surface area contributed by atoms with Crippen molar-refractivity contribution in [3.8, 4) is 11.5 Å². The van der Waals surface area contributed by atoms with E-state index >= 15 is 0 Å². The van der Waals surface area contributed by atoms with Gasteiger partial charge in [-0.25, -0.2) is 9.59 Å². The van der Waals surface area contributed by atoms with Crippen LogP contribution in [0.1, 0.15) is 50.5 Å². The molecule has 0 aliphatic rings. The highest BCUT2D eigenvalue weighted by atomic mass is 16.6. The number of amides is 4. The molecule has 0 heterocycles. The van der Waals surface area contributed by atoms with E-state index in [4.69, 9.17) is 14.2 Å². The molecule has 0 aliphatic heterocycles. The first-order chi connectivity index (χ1) is 21.6. The summed E-state index contributed by atoms with van der Waals surface area (Å²) in [6, 6.07) is 18.9. The topological polar surface area (TPSA) is 121 Å². The van der Waals surface area contributed by atoms with Crippen LogP contribution in [0, 0.1) is 5.41 Å². The fraction of sp³-hybridized carbons (Fsp3) is 0.400. The van der Waals surface area contributed by atoms with Crippen molar-refractivity contribution < 1.29 is 28.6 Å². The Kier molecular flexibility index (Phi) is 12.0. The molecule has 3 rings (SSSR count). The Morgan fingerprint density at radius 3 is 1.91 bits per heavy atom. The minimum absolute atomic E-state index is 0.209. The normalized spacial score (nSPS) is 11.4. The van der Waals surface area contributed by atoms with Crippen LogP contribution < -0.4 is 25.4 Å². The van der Waals surface area contributed by atoms with Crippen molar-refractivity contribution in [2.75, 3.05) is 57.4 Å². The lowest BCUT2D eigenvalue weighted by Gasteiger charge is -2.35. The third kappa shape index (κ3) is 11.0. The van der Waals surface area contributed by atoms with Crippen molar-refractivity contribution in [2.24, 2.45) is 5.41 Å². The van der Waals surface area contributed by atoms with E-state index in [0.29, 0.717) is 47.2 Å². The number of methoxy groups -OCH3 is 2. The Morgan fingerprint density at radius 1 is 0.739 bits per heavy atom. The molecule has 0 saturated carbocycles. The maximum Gasteiger partial charge on any atom is 0.412 e. The molecule has 0 radical (unpaired) electrons. The average Bonchev–Trinajstić information content (AvgIpc) is 2.96. The van der Waals surface area contributed by atoms with Gasteiger partial charge in [0.1, 0.15) is 5.60 Å². The molecular weight excluding hydrogens is 586 g/mol. The maximum absolute atomic E-state index is 13.6. The van der Waals surface area contributed by atoms with Crippen LogP contribution in [0.4, 0.5) is 26.7 Å². The third-order valence-electron chi connectivity index (χ3n) is 6.69. The van der Waals surface area contributed by atoms with Gasteiger partial charge in [0.15, 0.2) is 11.5 Å². The zero-order valence-corrected chi connectivity index (χ0v) is 28.3. The van der Waals surface area contributed by atoms with Crippen molar-refractivity contribution in [1.82, 2.24) is 9.80 Å². The van der Waals surface area contributed by atoms with Gasteiger partial charge in [-0.15, -0.1) is 0 Å². The Morgan fingerprint density at radius 2 is 1.35 bits per heavy atom. The molecular formula is C35H47N5O6. The fourth-order valence-electron chi connectivity index (χ4n) is 5.03. The van der Waals surface area contributed by atoms with Crippen LogP contribution >= 0.6 is 0 Å². The summed E-state index contributed by atoms with van der Waals surface area (Å²) in [5, 5.41) is 8.54. The Hall–Kier alpha value is -4.77. The van der Waals surface area contributed by atoms with Crippen molar-refractivity contribution in [3.63, 3.8) is 0 Å². The Labute approximate surface area is 272 Å². The maximum atomic E-state index is 13.6. The zero-order chi connectivity index (χ0) is 34.1. The summed E-state index contributed by atoms with van der Waals surface area (Å²) < 4.78 is 16.1. The molecule has 0 aromatic heterocycles. The Bertz CT molecular complexity index is 1500. The zero-order valence-electron chi connectivity index (χ0n) is 28.3. The van der Waals surface area contributed by atoms with Gasteiger partial charge in [-0.1, -0.05) is 38.1 Å². The van der Waals surface area contributed by atoms with E-state index in [-0.39, 0.29) is 17.4 Å². The molecule has 11 nitrogen and oxygen atoms in total. The minimum Gasteiger partial charge on any atom is -0.493 e. The number of hydrogen-bond acceptors (Lipinski definition) is 7. The molecule has 0 saturated heterocycles. The van der Waals surface area contributed by atoms with E-state index in [1.54, 1.807) is 94.5 Å². The molecule has 46 heavy (non-hydrogen) atoms. The fourth-order valence-corrected chi connectivity index (χ4v) is 5.03. The van der Waals surface area contributed by atoms with Crippen molar-refractivity contribution in [3.05, 3.63) is 77.9 Å². The standard InChI is InChI=1S/C35H47N5O6/c1-34(2,3)46-33(43)38-28-13-11-10-12-27(28)37-31(41)25-16-14-24(15-17-25)21-40(23-35(4,5)22-39(6)7)32(42)36-26-18-19-29(44-8)30(20-26)45-9/h10-20H,21-23H2,1-9H3,(H,36,42)(H,37,41)(H,38,43). The van der Waals surface area contributed by atoms with E-state index in [2.05, 4.69) is 34.7 Å². The summed E-state index contributed by atoms with van der Waals surface area (Å²) in [5.74, 6) is 0.730. The monoisotopic (exact) mass is 633 g/mol. The van der Waals surface area contributed by atoms with Crippen LogP contribution in [0.15, 0.2) is 66.7 Å². The van der Waals surface area contributed by atoms with Gasteiger partial charge in [0.2, 0.25) is 0 Å². The SMILES string of the molecule is COc1ccc(NC(=O)N(Cc2ccc(C(=O)Nc3ccccc3NC(=O)OC(C)(C)C)cc2)CC(C)(C)CN(C)C)cc1OC. The number of rotatable bonds is 12. The van der Waals surface area contributed by atoms with Crippen LogP contribution in [0.3, 0.4) is 0 Å². The summed E-state index contributed by atoms with van der Waals surface area (Å²) in [6.07, 6.45) is -0.618. The molecule has 4 amide bonds. The molecule has 11 heteroatoms. The van der Waals surface area contributed by atoms with Crippen molar-refractivity contribution >= 4 is 35.1 Å². The number of nitrogens with one attached hydrogen (secondary N) is 3. The predicted octanol–water partition coefficient (Wildman–Crippen LogP) is 6.93. The van der Waals surface area contributed by atoms with Gasteiger partial charge < -0.3 is 34.6 Å². The lowest BCUT2D eigenvalue weighted by molar-refractivity contribution is 0.0635. The van der Waals surface area contributed by atoms with Gasteiger partial charge in [0.25, 0.3) is 5.91 Å². The molecule has 3 N–H and O–H groups in total. The highest BCUT2D eigenvalue weighted by molar-refractivity contribution is 6.06. The number of benzene rings is 3. The number of nitrogens with zero attached hydrogens (tertiary/aromatic N) is 2. The molecule has 248 valence electrons. The first kappa shape index (κ1) is 35.7. The van der Waals surface area contributed by atoms with E-state index in [1.165, 1.54) is 0 Å². The molecule has 3 aromatic rings. The molecule has 0 atom stereocenters. The van der Waals surface area contributed by atoms with Crippen LogP contribution in [0.25, 0.3) is 0 Å². The first-order valence-corrected chi connectivity index (χ1v) is 15.0. The number of urea groups is 1. The quantitative estimate of drug-likeness (QED) is 0.198. The summed E-state index contributed by atoms with van der Waals surface area (Å²) in [7, 11) is 7.11. The summed E-state index contributed by atoms with van der Waals surface area (Å²) in [5.41, 5.74) is 1.83. The summed E-state index contributed by atoms with van der Waals surface area (Å²) >= 11 is 0. The van der Waals surface area contributed by atoms with Crippen LogP contribution in [0.2, 0.25) is 0 Å². The van der Waals surface area contributed by atoms with E-state index in [9.17, 15) is 14.4 Å². The number of para-hydroxylation sites is 2. The van der Waals surface area contributed by atoms with Gasteiger partial charge in [-0.05, 0) is 82.2 Å². The van der Waals surface area contributed by atoms with E-state index < -0.39 is 11.7 Å². The smallest absolute Gasteiger partial charge is 0.412 e. The molecule has 0 spiro atoms. The van der Waals surface area contributed by atoms with Gasteiger partial charge in [-0.2, -0.15) is 0 Å².